The first-order valence-electron chi connectivity index (χ1n) is 3.79. The predicted octanol–water partition coefficient (Wildman–Crippen LogP) is -0.412. The minimum Gasteiger partial charge on any atom is -0.367 e. The van der Waals surface area contributed by atoms with Crippen LogP contribution in [0.3, 0.4) is 0 Å². The molecule has 70 valence electrons. The highest BCUT2D eigenvalue weighted by Gasteiger charge is 1.97. The molecule has 5 heteroatoms. The monoisotopic (exact) mass is 181 g/mol. The number of nitrogens with zero attached hydrogens (tertiary/aromatic N) is 1. The van der Waals surface area contributed by atoms with E-state index in [4.69, 9.17) is 10.6 Å². The number of carbonyl (C=O) groups is 1. The maximum atomic E-state index is 10.6. The van der Waals surface area contributed by atoms with Crippen LogP contribution < -0.4 is 11.3 Å². The molecule has 0 radical (unpaired) electrons. The van der Waals surface area contributed by atoms with Crippen LogP contribution in [0.2, 0.25) is 0 Å². The Morgan fingerprint density at radius 3 is 2.85 bits per heavy atom. The van der Waals surface area contributed by atoms with E-state index < -0.39 is 0 Å². The normalized spacial score (nSPS) is 9.62. The first-order valence-corrected chi connectivity index (χ1v) is 3.79. The molecule has 0 aliphatic carbocycles. The van der Waals surface area contributed by atoms with Gasteiger partial charge in [0.15, 0.2) is 0 Å². The average Bonchev–Trinajstić information content (AvgIpc) is 2.19. The third-order valence-corrected chi connectivity index (χ3v) is 1.41. The minimum atomic E-state index is -0.339. The van der Waals surface area contributed by atoms with Gasteiger partial charge in [-0.15, -0.1) is 0 Å². The molecule has 3 N–H and O–H groups in total. The summed E-state index contributed by atoms with van der Waals surface area (Å²) < 4.78 is 5.05. The number of nitrogens with two attached hydrogens (primary N) is 1. The fourth-order valence-corrected chi connectivity index (χ4v) is 0.782. The van der Waals surface area contributed by atoms with Gasteiger partial charge in [0.2, 0.25) is 0 Å². The van der Waals surface area contributed by atoms with Crippen molar-refractivity contribution in [1.29, 1.82) is 0 Å². The van der Waals surface area contributed by atoms with Crippen LogP contribution in [0.5, 0.6) is 0 Å². The zero-order valence-electron chi connectivity index (χ0n) is 7.06. The number of hydrazine groups is 1. The third kappa shape index (κ3) is 3.64. The summed E-state index contributed by atoms with van der Waals surface area (Å²) in [6.45, 7) is 0.356. The van der Waals surface area contributed by atoms with Crippen LogP contribution in [0.15, 0.2) is 24.5 Å². The first kappa shape index (κ1) is 9.63. The van der Waals surface area contributed by atoms with Crippen molar-refractivity contribution in [3.8, 4) is 0 Å². The van der Waals surface area contributed by atoms with Crippen molar-refractivity contribution in [1.82, 2.24) is 10.4 Å². The standard InChI is InChI=1S/C8H11N3O2/c9-11-8(12)6-13-5-7-1-3-10-4-2-7/h1-4H,5-6,9H2,(H,11,12). The molecule has 13 heavy (non-hydrogen) atoms. The van der Waals surface area contributed by atoms with E-state index in [1.54, 1.807) is 12.4 Å². The van der Waals surface area contributed by atoms with Crippen molar-refractivity contribution in [2.45, 2.75) is 6.61 Å². The van der Waals surface area contributed by atoms with Crippen LogP contribution in [0.25, 0.3) is 0 Å². The first-order chi connectivity index (χ1) is 6.33. The highest BCUT2D eigenvalue weighted by molar-refractivity contribution is 5.76. The van der Waals surface area contributed by atoms with E-state index in [2.05, 4.69) is 4.98 Å². The Balaban J connectivity index is 2.24. The number of rotatable bonds is 4. The molecular formula is C8H11N3O2. The average molecular weight is 181 g/mol. The van der Waals surface area contributed by atoms with E-state index in [0.29, 0.717) is 6.61 Å². The van der Waals surface area contributed by atoms with Gasteiger partial charge in [0.1, 0.15) is 6.61 Å². The number of nitrogens with one attached hydrogen (secondary N) is 1. The molecule has 0 atom stereocenters. The molecule has 0 aliphatic heterocycles. The highest BCUT2D eigenvalue weighted by atomic mass is 16.5. The fraction of sp³-hybridized carbons (Fsp3) is 0.250. The van der Waals surface area contributed by atoms with Gasteiger partial charge in [-0.25, -0.2) is 5.84 Å². The summed E-state index contributed by atoms with van der Waals surface area (Å²) in [6.07, 6.45) is 3.34. The largest absolute Gasteiger partial charge is 0.367 e. The number of hydrogen-bond donors (Lipinski definition) is 2. The smallest absolute Gasteiger partial charge is 0.259 e. The molecule has 0 saturated carbocycles. The molecule has 0 aromatic carbocycles. The molecule has 0 saturated heterocycles. The van der Waals surface area contributed by atoms with Gasteiger partial charge in [-0.05, 0) is 17.7 Å². The predicted molar refractivity (Wildman–Crippen MR) is 46.2 cm³/mol. The highest BCUT2D eigenvalue weighted by Crippen LogP contribution is 1.97. The van der Waals surface area contributed by atoms with E-state index in [1.807, 2.05) is 17.6 Å². The summed E-state index contributed by atoms with van der Waals surface area (Å²) in [6, 6.07) is 3.64. The molecule has 1 aromatic heterocycles. The third-order valence-electron chi connectivity index (χ3n) is 1.41. The summed E-state index contributed by atoms with van der Waals surface area (Å²) in [4.78, 5) is 14.5. The Labute approximate surface area is 75.9 Å². The molecule has 5 nitrogen and oxygen atoms in total. The van der Waals surface area contributed by atoms with E-state index in [-0.39, 0.29) is 12.5 Å². The van der Waals surface area contributed by atoms with Crippen molar-refractivity contribution >= 4 is 5.91 Å². The summed E-state index contributed by atoms with van der Waals surface area (Å²) in [5.41, 5.74) is 2.95. The van der Waals surface area contributed by atoms with Crippen LogP contribution in [-0.2, 0) is 16.1 Å². The fourth-order valence-electron chi connectivity index (χ4n) is 0.782. The molecule has 0 spiro atoms. The van der Waals surface area contributed by atoms with Crippen LogP contribution in [0.4, 0.5) is 0 Å². The molecule has 0 fully saturated rings. The molecular weight excluding hydrogens is 170 g/mol. The number of aromatic nitrogens is 1. The molecule has 1 amide bonds. The molecule has 0 aliphatic rings. The second-order valence-electron chi connectivity index (χ2n) is 2.42. The lowest BCUT2D eigenvalue weighted by atomic mass is 10.3. The Bertz CT molecular complexity index is 263. The van der Waals surface area contributed by atoms with Crippen LogP contribution in [0, 0.1) is 0 Å². The summed E-state index contributed by atoms with van der Waals surface area (Å²) in [7, 11) is 0. The SMILES string of the molecule is NNC(=O)COCc1ccncc1. The van der Waals surface area contributed by atoms with Crippen LogP contribution in [0.1, 0.15) is 5.56 Å². The van der Waals surface area contributed by atoms with Gasteiger partial charge in [-0.1, -0.05) is 0 Å². The zero-order chi connectivity index (χ0) is 9.52. The topological polar surface area (TPSA) is 77.2 Å². The van der Waals surface area contributed by atoms with Crippen molar-refractivity contribution in [3.63, 3.8) is 0 Å². The maximum absolute atomic E-state index is 10.6. The van der Waals surface area contributed by atoms with Gasteiger partial charge in [-0.3, -0.25) is 15.2 Å². The lowest BCUT2D eigenvalue weighted by molar-refractivity contribution is -0.126. The van der Waals surface area contributed by atoms with Gasteiger partial charge < -0.3 is 4.74 Å². The zero-order valence-corrected chi connectivity index (χ0v) is 7.06. The molecule has 0 unspecified atom stereocenters. The van der Waals surface area contributed by atoms with E-state index in [9.17, 15) is 4.79 Å². The Morgan fingerprint density at radius 2 is 2.23 bits per heavy atom. The Morgan fingerprint density at radius 1 is 1.54 bits per heavy atom. The molecule has 1 rings (SSSR count). The van der Waals surface area contributed by atoms with Gasteiger partial charge >= 0.3 is 0 Å². The van der Waals surface area contributed by atoms with Crippen LogP contribution >= 0.6 is 0 Å². The maximum Gasteiger partial charge on any atom is 0.259 e. The van der Waals surface area contributed by atoms with Crippen molar-refractivity contribution in [2.24, 2.45) is 5.84 Å². The lowest BCUT2D eigenvalue weighted by Gasteiger charge is -2.02. The minimum absolute atomic E-state index is 0.0289. The van der Waals surface area contributed by atoms with E-state index in [1.165, 1.54) is 0 Å². The Kier molecular flexibility index (Phi) is 3.87. The van der Waals surface area contributed by atoms with Crippen molar-refractivity contribution in [3.05, 3.63) is 30.1 Å². The van der Waals surface area contributed by atoms with Gasteiger partial charge in [0.25, 0.3) is 5.91 Å². The lowest BCUT2D eigenvalue weighted by Crippen LogP contribution is -2.33. The number of hydrogen-bond acceptors (Lipinski definition) is 4. The quantitative estimate of drug-likeness (QED) is 0.376. The van der Waals surface area contributed by atoms with Gasteiger partial charge in [0.05, 0.1) is 6.61 Å². The van der Waals surface area contributed by atoms with E-state index >= 15 is 0 Å². The number of amides is 1. The van der Waals surface area contributed by atoms with Crippen molar-refractivity contribution in [2.75, 3.05) is 6.61 Å². The molecule has 1 heterocycles. The summed E-state index contributed by atoms with van der Waals surface area (Å²) in [5.74, 6) is 4.52. The number of ether oxygens (including phenoxy) is 1. The molecule has 0 bridgehead atoms. The summed E-state index contributed by atoms with van der Waals surface area (Å²) >= 11 is 0. The van der Waals surface area contributed by atoms with Gasteiger partial charge in [-0.2, -0.15) is 0 Å². The second kappa shape index (κ2) is 5.23. The number of carbonyl (C=O) groups excluding carboxylic acids is 1. The van der Waals surface area contributed by atoms with Crippen LogP contribution in [-0.4, -0.2) is 17.5 Å². The number of pyridine rings is 1. The van der Waals surface area contributed by atoms with Crippen molar-refractivity contribution < 1.29 is 9.53 Å². The molecule has 1 aromatic rings. The van der Waals surface area contributed by atoms with E-state index in [0.717, 1.165) is 5.56 Å². The Hall–Kier alpha value is -1.46. The second-order valence-corrected chi connectivity index (χ2v) is 2.42. The van der Waals surface area contributed by atoms with Gasteiger partial charge in [0, 0.05) is 12.4 Å². The summed E-state index contributed by atoms with van der Waals surface area (Å²) in [5, 5.41) is 0.